The van der Waals surface area contributed by atoms with Crippen molar-refractivity contribution in [3.63, 3.8) is 0 Å². The third kappa shape index (κ3) is 16.7. The molecule has 4 aliphatic heterocycles. The molecule has 490 valence electrons. The van der Waals surface area contributed by atoms with Gasteiger partial charge in [-0.2, -0.15) is 13.1 Å². The number of fused-ring (bicyclic) bond motifs is 5. The van der Waals surface area contributed by atoms with Gasteiger partial charge in [0.15, 0.2) is 29.2 Å². The molecule has 7 amide bonds. The lowest BCUT2D eigenvalue weighted by atomic mass is 10.0. The molecule has 27 heteroatoms. The van der Waals surface area contributed by atoms with Gasteiger partial charge in [0.2, 0.25) is 17.7 Å². The summed E-state index contributed by atoms with van der Waals surface area (Å²) < 4.78 is 68.7. The van der Waals surface area contributed by atoms with Crippen molar-refractivity contribution in [2.45, 2.75) is 129 Å². The average molecular weight is 1280 g/mol. The number of methoxy groups -OCH3 is 2. The van der Waals surface area contributed by atoms with E-state index in [9.17, 15) is 47.1 Å². The van der Waals surface area contributed by atoms with Crippen molar-refractivity contribution in [1.29, 1.82) is 0 Å². The van der Waals surface area contributed by atoms with Crippen LogP contribution in [0.2, 0.25) is 0 Å². The molecule has 0 radical (unpaired) electrons. The third-order valence-electron chi connectivity index (χ3n) is 16.8. The lowest BCUT2D eigenvalue weighted by Crippen LogP contribution is -2.54. The predicted molar refractivity (Wildman–Crippen MR) is 334 cm³/mol. The van der Waals surface area contributed by atoms with Crippen molar-refractivity contribution in [1.82, 2.24) is 29.9 Å². The maximum atomic E-state index is 14.2. The maximum absolute atomic E-state index is 14.2. The van der Waals surface area contributed by atoms with Gasteiger partial charge in [-0.1, -0.05) is 49.3 Å². The summed E-state index contributed by atoms with van der Waals surface area (Å²) in [7, 11) is -1.32. The highest BCUT2D eigenvalue weighted by atomic mass is 32.2. The van der Waals surface area contributed by atoms with Crippen LogP contribution in [0.4, 0.5) is 26.7 Å². The van der Waals surface area contributed by atoms with E-state index in [2.05, 4.69) is 37.8 Å². The van der Waals surface area contributed by atoms with Crippen LogP contribution in [0.15, 0.2) is 89.2 Å². The summed E-state index contributed by atoms with van der Waals surface area (Å²) in [5.74, 6) is -0.435. The molecule has 9 rings (SSSR count). The van der Waals surface area contributed by atoms with Gasteiger partial charge >= 0.3 is 22.4 Å². The number of unbranched alkanes of at least 4 members (excludes halogenated alkanes) is 2. The Kier molecular flexibility index (Phi) is 22.1. The zero-order valence-corrected chi connectivity index (χ0v) is 53.0. The normalized spacial score (nSPS) is 21.5. The van der Waals surface area contributed by atoms with E-state index in [4.69, 9.17) is 33.2 Å². The number of aliphatic hydroxyl groups excluding tert-OH is 1. The van der Waals surface area contributed by atoms with Gasteiger partial charge in [-0.15, -0.1) is 0 Å². The van der Waals surface area contributed by atoms with Crippen molar-refractivity contribution in [2.24, 2.45) is 28.7 Å². The van der Waals surface area contributed by atoms with Crippen LogP contribution in [0.3, 0.4) is 0 Å². The van der Waals surface area contributed by atoms with Gasteiger partial charge in [-0.25, -0.2) is 19.2 Å². The summed E-state index contributed by atoms with van der Waals surface area (Å²) in [6.07, 6.45) is 12.9. The number of rotatable bonds is 27. The minimum absolute atomic E-state index is 0.0475. The smallest absolute Gasteiger partial charge is 0.421 e. The fraction of sp³-hybridized carbons (Fsp3) is 0.500. The number of hydrogen-bond acceptors (Lipinski definition) is 18. The van der Waals surface area contributed by atoms with E-state index in [1.54, 1.807) is 67.6 Å². The molecule has 0 saturated heterocycles. The van der Waals surface area contributed by atoms with E-state index >= 15 is 0 Å². The van der Waals surface area contributed by atoms with Gasteiger partial charge < -0.3 is 64.0 Å². The first-order valence-corrected chi connectivity index (χ1v) is 32.2. The molecule has 0 bridgehead atoms. The summed E-state index contributed by atoms with van der Waals surface area (Å²) in [5.41, 5.74) is 3.82. The first-order valence-electron chi connectivity index (χ1n) is 30.7. The second kappa shape index (κ2) is 30.1. The summed E-state index contributed by atoms with van der Waals surface area (Å²) in [4.78, 5) is 102. The van der Waals surface area contributed by atoms with E-state index in [1.165, 1.54) is 38.2 Å². The highest BCUT2D eigenvalue weighted by Gasteiger charge is 2.49. The fourth-order valence-corrected chi connectivity index (χ4v) is 12.6. The Bertz CT molecular complexity index is 3450. The number of amides is 7. The van der Waals surface area contributed by atoms with Gasteiger partial charge in [0.25, 0.3) is 11.8 Å². The quantitative estimate of drug-likeness (QED) is 0.0333. The molecule has 1 saturated carbocycles. The number of aliphatic hydroxyl groups is 1. The topological polar surface area (TPSA) is 321 Å². The van der Waals surface area contributed by atoms with Crippen LogP contribution in [0.1, 0.15) is 119 Å². The Labute approximate surface area is 529 Å². The molecule has 1 unspecified atom stereocenters. The Balaban J connectivity index is 0.718. The van der Waals surface area contributed by atoms with Crippen molar-refractivity contribution in [2.75, 3.05) is 64.0 Å². The van der Waals surface area contributed by atoms with E-state index < -0.39 is 82.9 Å². The number of nitrogens with one attached hydrogen (secondary N) is 5. The first kappa shape index (κ1) is 66.9. The molecule has 6 aliphatic rings. The highest BCUT2D eigenvalue weighted by molar-refractivity contribution is 7.88. The van der Waals surface area contributed by atoms with Crippen LogP contribution in [0.25, 0.3) is 0 Å². The van der Waals surface area contributed by atoms with E-state index in [1.807, 2.05) is 24.8 Å². The van der Waals surface area contributed by atoms with Crippen LogP contribution >= 0.6 is 0 Å². The second-order valence-electron chi connectivity index (χ2n) is 23.8. The lowest BCUT2D eigenvalue weighted by Gasteiger charge is -2.31. The number of benzene rings is 3. The Hall–Kier alpha value is -8.53. The number of carbonyl (C=O) groups is 7. The van der Waals surface area contributed by atoms with E-state index in [0.29, 0.717) is 71.7 Å². The number of allylic oxidation sites excluding steroid dienone is 2. The summed E-state index contributed by atoms with van der Waals surface area (Å²) in [6, 6.07) is 9.59. The molecular formula is C64H81N9O17S. The number of hydrogen-bond donors (Lipinski definition) is 6. The maximum Gasteiger partial charge on any atom is 0.421 e. The van der Waals surface area contributed by atoms with Gasteiger partial charge in [0, 0.05) is 43.0 Å². The molecule has 1 fully saturated rings. The van der Waals surface area contributed by atoms with Crippen LogP contribution in [0.5, 0.6) is 23.0 Å². The van der Waals surface area contributed by atoms with E-state index in [0.717, 1.165) is 48.2 Å². The van der Waals surface area contributed by atoms with Crippen LogP contribution < -0.4 is 49.2 Å². The largest absolute Gasteiger partial charge is 0.493 e. The van der Waals surface area contributed by atoms with E-state index in [-0.39, 0.29) is 80.0 Å². The Morgan fingerprint density at radius 3 is 2.05 bits per heavy atom. The molecular weight excluding hydrogens is 1200 g/mol. The average Bonchev–Trinajstić information content (AvgIpc) is 1.66. The first-order chi connectivity index (χ1) is 43.6. The molecule has 0 spiro atoms. The number of carbonyl (C=O) groups excluding carboxylic acids is 7. The molecule has 6 N–H and O–H groups in total. The van der Waals surface area contributed by atoms with Crippen molar-refractivity contribution in [3.05, 3.63) is 101 Å². The third-order valence-corrected chi connectivity index (χ3v) is 17.8. The van der Waals surface area contributed by atoms with Gasteiger partial charge in [0.05, 0.1) is 75.2 Å². The van der Waals surface area contributed by atoms with Crippen LogP contribution in [-0.4, -0.2) is 155 Å². The minimum Gasteiger partial charge on any atom is -0.493 e. The number of ether oxygens (including phenoxy) is 7. The molecule has 4 heterocycles. The number of aliphatic imine (C=N–C) groups is 1. The SMILES string of the molecule is COc1cc2c(cc1OCCCCCOc1cc3c(cc1OC)C(=O)N1C=C(C)C[C@H]1[C@H](O)N3C(=O)OCc1ccc(NC(=O)[C@H](C)NC(=O)[C@@H](NC(=O)COCCNS(=O)(=O)NC(=O)OCC3[C@H]4CC/C=C\CC[C@@H]34)C(C)C)cc1)N=C[C@@H]1CC(C)=CN1C2=O. The fourth-order valence-electron chi connectivity index (χ4n) is 11.9. The molecule has 8 atom stereocenters. The number of anilines is 2. The molecule has 3 aromatic carbocycles. The van der Waals surface area contributed by atoms with Crippen LogP contribution in [-0.2, 0) is 45.4 Å². The van der Waals surface area contributed by atoms with Crippen molar-refractivity contribution < 1.29 is 80.2 Å². The van der Waals surface area contributed by atoms with Gasteiger partial charge in [-0.3, -0.25) is 29.0 Å². The molecule has 0 aromatic heterocycles. The molecule has 3 aromatic rings. The summed E-state index contributed by atoms with van der Waals surface area (Å²) in [5, 5.41) is 19.9. The predicted octanol–water partition coefficient (Wildman–Crippen LogP) is 6.91. The summed E-state index contributed by atoms with van der Waals surface area (Å²) in [6.45, 7) is 8.06. The standard InChI is InChI=1S/C64H81N9O17S/c1-37(2)57(69-56(74)36-86-24-21-66-91(82,83)70-63(80)89-35-48-44-15-11-8-9-12-16-45(44)48)59(76)67-40(5)58(75)68-42-19-17-41(18-20-42)34-90-64(81)73-50-30-55(53(85-7)28-47(50)61(78)72-33-39(4)26-51(72)62(73)79)88-23-14-10-13-22-87-54-29-49-46(27-52(54)84-6)60(77)71-32-38(3)25-43(71)31-65-49/h8-9,17-20,27-33,37,40,43-45,48,51,57,62,66,79H,10-16,21-26,34-36H2,1-7H3,(H,67,76)(H,68,75)(H,69,74)(H,70,80)/b9-8-/t40-,43-,44-,45+,48?,51-,57-,62-/m0/s1. The number of nitrogens with zero attached hydrogens (tertiary/aromatic N) is 4. The summed E-state index contributed by atoms with van der Waals surface area (Å²) >= 11 is 0. The highest BCUT2D eigenvalue weighted by Crippen LogP contribution is 2.53. The van der Waals surface area contributed by atoms with Gasteiger partial charge in [-0.05, 0) is 132 Å². The Morgan fingerprint density at radius 1 is 0.747 bits per heavy atom. The monoisotopic (exact) mass is 1280 g/mol. The second-order valence-corrected chi connectivity index (χ2v) is 25.3. The molecule has 2 aliphatic carbocycles. The minimum atomic E-state index is -4.27. The van der Waals surface area contributed by atoms with Crippen LogP contribution in [0, 0.1) is 23.7 Å². The molecule has 91 heavy (non-hydrogen) atoms. The Morgan fingerprint density at radius 2 is 1.38 bits per heavy atom. The zero-order chi connectivity index (χ0) is 65.1. The van der Waals surface area contributed by atoms with Gasteiger partial charge in [0.1, 0.15) is 25.3 Å². The zero-order valence-electron chi connectivity index (χ0n) is 52.2. The molecule has 26 nitrogen and oxygen atoms in total. The lowest BCUT2D eigenvalue weighted by molar-refractivity contribution is -0.133. The van der Waals surface area contributed by atoms with Crippen molar-refractivity contribution in [3.8, 4) is 23.0 Å². The van der Waals surface area contributed by atoms with Crippen molar-refractivity contribution >= 4 is 75.2 Å².